The molecule has 0 bridgehead atoms. The summed E-state index contributed by atoms with van der Waals surface area (Å²) in [5.41, 5.74) is -2.17. The Balaban J connectivity index is 1.51. The molecule has 4 unspecified atom stereocenters. The third kappa shape index (κ3) is 4.95. The molecule has 3 fully saturated rings. The zero-order valence-electron chi connectivity index (χ0n) is 20.3. The largest absolute Gasteiger partial charge is 0.429 e. The Labute approximate surface area is 207 Å². The van der Waals surface area contributed by atoms with Crippen LogP contribution in [-0.4, -0.2) is 45.5 Å². The maximum Gasteiger partial charge on any atom is 0.429 e. The van der Waals surface area contributed by atoms with E-state index in [1.165, 1.54) is 5.57 Å². The Morgan fingerprint density at radius 3 is 2.14 bits per heavy atom. The monoisotopic (exact) mass is 520 g/mol. The minimum absolute atomic E-state index is 0.0223. The van der Waals surface area contributed by atoms with Crippen LogP contribution in [0.2, 0.25) is 0 Å². The van der Waals surface area contributed by atoms with Crippen LogP contribution in [0.25, 0.3) is 0 Å². The molecule has 3 N–H and O–H groups in total. The van der Waals surface area contributed by atoms with Gasteiger partial charge in [0.25, 0.3) is 5.60 Å². The molecule has 202 valence electrons. The van der Waals surface area contributed by atoms with Crippen molar-refractivity contribution >= 4 is 0 Å². The van der Waals surface area contributed by atoms with Gasteiger partial charge in [-0.3, -0.25) is 0 Å². The molecule has 4 aliphatic rings. The predicted octanol–water partition coefficient (Wildman–Crippen LogP) is 6.46. The maximum absolute atomic E-state index is 13.0. The van der Waals surface area contributed by atoms with Crippen molar-refractivity contribution in [3.05, 3.63) is 47.1 Å². The second kappa shape index (κ2) is 9.31. The fourth-order valence-corrected chi connectivity index (χ4v) is 6.71. The standard InChI is InChI=1S/C27H34F6O3/c1-23-9-2-4-18(6-5-17-14-19(34)16-20(35)15-17)21(23)7-8-22(23)24(12-13-24)10-3-11-25(36,26(28,29)30)27(31,32)33/h3,5-6,8,11,19-21,34-36H,2,4,7,9-10,12-16H2,1H3. The van der Waals surface area contributed by atoms with Crippen LogP contribution < -0.4 is 0 Å². The van der Waals surface area contributed by atoms with Gasteiger partial charge in [0.05, 0.1) is 12.2 Å². The van der Waals surface area contributed by atoms with Crippen molar-refractivity contribution in [3.8, 4) is 0 Å². The van der Waals surface area contributed by atoms with Crippen LogP contribution in [0.1, 0.15) is 71.1 Å². The normalized spacial score (nSPS) is 34.2. The predicted molar refractivity (Wildman–Crippen MR) is 123 cm³/mol. The Kier molecular flexibility index (Phi) is 7.10. The quantitative estimate of drug-likeness (QED) is 0.288. The summed E-state index contributed by atoms with van der Waals surface area (Å²) in [5, 5.41) is 29.3. The number of allylic oxidation sites excluding steroid dienone is 6. The van der Waals surface area contributed by atoms with Crippen LogP contribution >= 0.6 is 0 Å². The summed E-state index contributed by atoms with van der Waals surface area (Å²) in [4.78, 5) is 0. The lowest BCUT2D eigenvalue weighted by Crippen LogP contribution is -2.55. The van der Waals surface area contributed by atoms with Gasteiger partial charge in [0.1, 0.15) is 0 Å². The summed E-state index contributed by atoms with van der Waals surface area (Å²) in [7, 11) is 0. The van der Waals surface area contributed by atoms with E-state index in [1.807, 2.05) is 6.08 Å². The summed E-state index contributed by atoms with van der Waals surface area (Å²) >= 11 is 0. The van der Waals surface area contributed by atoms with E-state index in [9.17, 15) is 41.7 Å². The molecule has 0 heterocycles. The highest BCUT2D eigenvalue weighted by molar-refractivity contribution is 5.40. The molecular formula is C27H34F6O3. The highest BCUT2D eigenvalue weighted by atomic mass is 19.4. The van der Waals surface area contributed by atoms with Crippen molar-refractivity contribution in [2.45, 2.75) is 101 Å². The van der Waals surface area contributed by atoms with E-state index >= 15 is 0 Å². The van der Waals surface area contributed by atoms with E-state index in [4.69, 9.17) is 0 Å². The zero-order chi connectivity index (χ0) is 26.6. The molecule has 0 aromatic heterocycles. The van der Waals surface area contributed by atoms with Crippen LogP contribution in [-0.2, 0) is 0 Å². The molecule has 0 saturated heterocycles. The van der Waals surface area contributed by atoms with Gasteiger partial charge in [-0.2, -0.15) is 26.3 Å². The number of alkyl halides is 6. The molecule has 0 aliphatic heterocycles. The lowest BCUT2D eigenvalue weighted by atomic mass is 9.61. The Bertz CT molecular complexity index is 943. The lowest BCUT2D eigenvalue weighted by molar-refractivity contribution is -0.347. The minimum atomic E-state index is -5.86. The van der Waals surface area contributed by atoms with E-state index in [0.717, 1.165) is 42.9 Å². The molecule has 0 aromatic carbocycles. The van der Waals surface area contributed by atoms with E-state index in [-0.39, 0.29) is 23.8 Å². The van der Waals surface area contributed by atoms with Crippen molar-refractivity contribution in [1.82, 2.24) is 0 Å². The van der Waals surface area contributed by atoms with Crippen LogP contribution in [0, 0.1) is 16.7 Å². The summed E-state index contributed by atoms with van der Waals surface area (Å²) in [6.07, 6.45) is 0.484. The molecule has 36 heavy (non-hydrogen) atoms. The first-order valence-electron chi connectivity index (χ1n) is 12.6. The van der Waals surface area contributed by atoms with Gasteiger partial charge in [-0.05, 0) is 87.0 Å². The fraction of sp³-hybridized carbons (Fsp3) is 0.704. The number of rotatable bonds is 5. The highest BCUT2D eigenvalue weighted by Gasteiger charge is 2.69. The van der Waals surface area contributed by atoms with Gasteiger partial charge < -0.3 is 15.3 Å². The molecule has 4 rings (SSSR count). The fourth-order valence-electron chi connectivity index (χ4n) is 6.71. The Morgan fingerprint density at radius 2 is 1.58 bits per heavy atom. The SMILES string of the molecule is CC12CCCC(=CC=C3CC(O)CC(O)C3)C1CC=C2C1(CC=CC(O)(C(F)(F)F)C(F)(F)F)CC1. The number of aliphatic hydroxyl groups is 3. The molecule has 4 atom stereocenters. The van der Waals surface area contributed by atoms with E-state index in [0.29, 0.717) is 32.1 Å². The van der Waals surface area contributed by atoms with Gasteiger partial charge in [-0.25, -0.2) is 0 Å². The van der Waals surface area contributed by atoms with Crippen LogP contribution in [0.3, 0.4) is 0 Å². The topological polar surface area (TPSA) is 60.7 Å². The molecule has 0 spiro atoms. The molecule has 3 nitrogen and oxygen atoms in total. The molecule has 9 heteroatoms. The van der Waals surface area contributed by atoms with Crippen molar-refractivity contribution in [2.75, 3.05) is 0 Å². The van der Waals surface area contributed by atoms with Gasteiger partial charge >= 0.3 is 12.4 Å². The van der Waals surface area contributed by atoms with Gasteiger partial charge in [0.15, 0.2) is 0 Å². The van der Waals surface area contributed by atoms with Gasteiger partial charge in [-0.1, -0.05) is 47.9 Å². The first-order valence-corrected chi connectivity index (χ1v) is 12.6. The van der Waals surface area contributed by atoms with Crippen LogP contribution in [0.15, 0.2) is 47.1 Å². The van der Waals surface area contributed by atoms with Crippen molar-refractivity contribution < 1.29 is 41.7 Å². The number of hydrogen-bond acceptors (Lipinski definition) is 3. The Hall–Kier alpha value is -1.58. The summed E-state index contributed by atoms with van der Waals surface area (Å²) in [6, 6.07) is 0. The minimum Gasteiger partial charge on any atom is -0.393 e. The number of aliphatic hydroxyl groups excluding tert-OH is 2. The number of fused-ring (bicyclic) bond motifs is 1. The van der Waals surface area contributed by atoms with Gasteiger partial charge in [0.2, 0.25) is 0 Å². The molecule has 0 amide bonds. The van der Waals surface area contributed by atoms with Crippen LogP contribution in [0.5, 0.6) is 0 Å². The molecule has 4 aliphatic carbocycles. The van der Waals surface area contributed by atoms with Gasteiger partial charge in [0, 0.05) is 0 Å². The summed E-state index contributed by atoms with van der Waals surface area (Å²) in [6.45, 7) is 2.15. The van der Waals surface area contributed by atoms with E-state index < -0.39 is 35.6 Å². The number of halogens is 6. The maximum atomic E-state index is 13.0. The molecular weight excluding hydrogens is 486 g/mol. The second-order valence-electron chi connectivity index (χ2n) is 11.3. The van der Waals surface area contributed by atoms with Crippen molar-refractivity contribution in [1.29, 1.82) is 0 Å². The second-order valence-corrected chi connectivity index (χ2v) is 11.3. The van der Waals surface area contributed by atoms with Gasteiger partial charge in [-0.15, -0.1) is 0 Å². The zero-order valence-corrected chi connectivity index (χ0v) is 20.3. The average molecular weight is 521 g/mol. The number of hydrogen-bond donors (Lipinski definition) is 3. The molecule has 3 saturated carbocycles. The average Bonchev–Trinajstić information content (AvgIpc) is 3.42. The lowest BCUT2D eigenvalue weighted by Gasteiger charge is -2.43. The van der Waals surface area contributed by atoms with Crippen molar-refractivity contribution in [3.63, 3.8) is 0 Å². The smallest absolute Gasteiger partial charge is 0.393 e. The first-order chi connectivity index (χ1) is 16.6. The molecule has 0 radical (unpaired) electrons. The van der Waals surface area contributed by atoms with E-state index in [1.54, 1.807) is 0 Å². The Morgan fingerprint density at radius 1 is 0.972 bits per heavy atom. The van der Waals surface area contributed by atoms with E-state index in [2.05, 4.69) is 19.1 Å². The molecule has 0 aromatic rings. The van der Waals surface area contributed by atoms with Crippen molar-refractivity contribution in [2.24, 2.45) is 16.7 Å². The third-order valence-electron chi connectivity index (χ3n) is 8.78. The highest BCUT2D eigenvalue weighted by Crippen LogP contribution is 2.67. The first kappa shape index (κ1) is 27.5. The van der Waals surface area contributed by atoms with Crippen LogP contribution in [0.4, 0.5) is 26.3 Å². The summed E-state index contributed by atoms with van der Waals surface area (Å²) < 4.78 is 78.2. The third-order valence-corrected chi connectivity index (χ3v) is 8.78. The summed E-state index contributed by atoms with van der Waals surface area (Å²) in [5.74, 6) is 0.209.